The number of allylic oxidation sites excluding steroid dienone is 1. The highest BCUT2D eigenvalue weighted by Crippen LogP contribution is 2.17. The highest BCUT2D eigenvalue weighted by molar-refractivity contribution is 7.98. The number of aliphatic carboxylic acids is 1. The van der Waals surface area contributed by atoms with Gasteiger partial charge >= 0.3 is 5.97 Å². The lowest BCUT2D eigenvalue weighted by molar-refractivity contribution is -0.161. The van der Waals surface area contributed by atoms with Gasteiger partial charge in [-0.1, -0.05) is 57.6 Å². The topological polar surface area (TPSA) is 104 Å². The van der Waals surface area contributed by atoms with E-state index in [2.05, 4.69) is 12.2 Å². The van der Waals surface area contributed by atoms with Crippen molar-refractivity contribution in [1.82, 2.24) is 5.32 Å². The van der Waals surface area contributed by atoms with E-state index in [4.69, 9.17) is 0 Å². The quantitative estimate of drug-likeness (QED) is 0.167. The van der Waals surface area contributed by atoms with Crippen LogP contribution >= 0.6 is 11.8 Å². The first-order valence-electron chi connectivity index (χ1n) is 11.7. The highest BCUT2D eigenvalue weighted by atomic mass is 32.2. The van der Waals surface area contributed by atoms with Gasteiger partial charge < -0.3 is 15.5 Å². The molecule has 31 heavy (non-hydrogen) atoms. The Kier molecular flexibility index (Phi) is 18.5. The van der Waals surface area contributed by atoms with Crippen LogP contribution in [0, 0.1) is 0 Å². The Morgan fingerprint density at radius 1 is 0.935 bits per heavy atom. The van der Waals surface area contributed by atoms with Crippen molar-refractivity contribution in [2.24, 2.45) is 0 Å². The molecule has 0 saturated heterocycles. The lowest BCUT2D eigenvalue weighted by atomic mass is 9.94. The predicted molar refractivity (Wildman–Crippen MR) is 128 cm³/mol. The van der Waals surface area contributed by atoms with Crippen LogP contribution in [0.3, 0.4) is 0 Å². The Balaban J connectivity index is 3.89. The van der Waals surface area contributed by atoms with E-state index < -0.39 is 23.9 Å². The molecular weight excluding hydrogens is 414 g/mol. The van der Waals surface area contributed by atoms with Crippen molar-refractivity contribution in [3.8, 4) is 0 Å². The van der Waals surface area contributed by atoms with E-state index in [9.17, 15) is 24.6 Å². The average molecular weight is 458 g/mol. The van der Waals surface area contributed by atoms with Crippen LogP contribution in [0.1, 0.15) is 96.8 Å². The second-order valence-electron chi connectivity index (χ2n) is 8.19. The van der Waals surface area contributed by atoms with Crippen LogP contribution in [0.4, 0.5) is 0 Å². The molecule has 0 heterocycles. The van der Waals surface area contributed by atoms with Gasteiger partial charge in [-0.15, -0.1) is 0 Å². The number of carboxylic acids is 1. The minimum atomic E-state index is -2.07. The van der Waals surface area contributed by atoms with Gasteiger partial charge in [0.1, 0.15) is 5.78 Å². The van der Waals surface area contributed by atoms with Crippen LogP contribution in [-0.2, 0) is 14.4 Å². The lowest BCUT2D eigenvalue weighted by Gasteiger charge is -2.21. The molecule has 1 amide bonds. The summed E-state index contributed by atoms with van der Waals surface area (Å²) in [6, 6.07) is 0. The van der Waals surface area contributed by atoms with Gasteiger partial charge in [0.2, 0.25) is 5.91 Å². The molecule has 0 aliphatic carbocycles. The average Bonchev–Trinajstić information content (AvgIpc) is 2.72. The van der Waals surface area contributed by atoms with Gasteiger partial charge in [-0.25, -0.2) is 4.79 Å². The van der Waals surface area contributed by atoms with Crippen molar-refractivity contribution in [3.05, 3.63) is 12.2 Å². The maximum Gasteiger partial charge on any atom is 0.336 e. The number of carboxylic acid groups (broad SMARTS) is 1. The van der Waals surface area contributed by atoms with E-state index in [1.807, 2.05) is 12.3 Å². The number of aliphatic hydroxyl groups is 1. The first kappa shape index (κ1) is 29.7. The number of carbonyl (C=O) groups is 3. The van der Waals surface area contributed by atoms with E-state index in [1.54, 1.807) is 17.8 Å². The number of amides is 1. The summed E-state index contributed by atoms with van der Waals surface area (Å²) in [5, 5.41) is 22.2. The molecule has 0 bridgehead atoms. The molecule has 0 aromatic rings. The number of unbranched alkanes of at least 4 members (excludes halogenated alkanes) is 8. The van der Waals surface area contributed by atoms with E-state index in [0.717, 1.165) is 50.7 Å². The zero-order chi connectivity index (χ0) is 23.4. The lowest BCUT2D eigenvalue weighted by Crippen LogP contribution is -2.43. The van der Waals surface area contributed by atoms with Crippen LogP contribution < -0.4 is 5.32 Å². The Bertz CT molecular complexity index is 538. The number of Topliss-reactive ketones (excluding diaryl/α,β-unsaturated/α-hetero) is 1. The summed E-state index contributed by atoms with van der Waals surface area (Å²) in [6.07, 6.45) is 16.9. The van der Waals surface area contributed by atoms with Crippen molar-refractivity contribution in [1.29, 1.82) is 0 Å². The fourth-order valence-corrected chi connectivity index (χ4v) is 3.55. The van der Waals surface area contributed by atoms with E-state index in [-0.39, 0.29) is 6.42 Å². The molecule has 0 spiro atoms. The standard InChI is InChI=1S/C24H43NO5S/c1-3-4-5-9-12-15-21(26)16-13-10-7-6-8-11-14-17-24(30,23(28)29)20-22(27)25-18-19-31-2/h11,14,30H,3-10,12-13,15-20H2,1-2H3,(H,25,27)(H,28,29)/b14-11+. The van der Waals surface area contributed by atoms with Crippen molar-refractivity contribution in [3.63, 3.8) is 0 Å². The molecule has 0 saturated carbocycles. The minimum Gasteiger partial charge on any atom is -0.479 e. The second-order valence-corrected chi connectivity index (χ2v) is 9.17. The van der Waals surface area contributed by atoms with Crippen LogP contribution in [0.2, 0.25) is 0 Å². The number of thioether (sulfide) groups is 1. The number of carbonyl (C=O) groups excluding carboxylic acids is 2. The first-order chi connectivity index (χ1) is 14.9. The second kappa shape index (κ2) is 19.4. The number of hydrogen-bond donors (Lipinski definition) is 3. The van der Waals surface area contributed by atoms with Gasteiger partial charge in [0.05, 0.1) is 6.42 Å². The van der Waals surface area contributed by atoms with Crippen molar-refractivity contribution in [2.75, 3.05) is 18.6 Å². The van der Waals surface area contributed by atoms with Crippen molar-refractivity contribution < 1.29 is 24.6 Å². The van der Waals surface area contributed by atoms with E-state index >= 15 is 0 Å². The summed E-state index contributed by atoms with van der Waals surface area (Å²) >= 11 is 1.58. The summed E-state index contributed by atoms with van der Waals surface area (Å²) in [5.74, 6) is -0.721. The summed E-state index contributed by atoms with van der Waals surface area (Å²) in [5.41, 5.74) is -2.07. The first-order valence-corrected chi connectivity index (χ1v) is 13.1. The van der Waals surface area contributed by atoms with Crippen LogP contribution in [0.5, 0.6) is 0 Å². The van der Waals surface area contributed by atoms with E-state index in [1.165, 1.54) is 19.3 Å². The maximum atomic E-state index is 11.8. The third kappa shape index (κ3) is 17.0. The summed E-state index contributed by atoms with van der Waals surface area (Å²) in [6.45, 7) is 2.64. The van der Waals surface area contributed by atoms with Crippen molar-refractivity contribution in [2.45, 2.75) is 102 Å². The van der Waals surface area contributed by atoms with Crippen LogP contribution in [0.15, 0.2) is 12.2 Å². The maximum absolute atomic E-state index is 11.8. The van der Waals surface area contributed by atoms with Gasteiger partial charge in [-0.05, 0) is 31.9 Å². The molecule has 0 radical (unpaired) electrons. The Morgan fingerprint density at radius 3 is 2.13 bits per heavy atom. The fraction of sp³-hybridized carbons (Fsp3) is 0.792. The predicted octanol–water partition coefficient (Wildman–Crippen LogP) is 4.89. The molecule has 0 aliphatic heterocycles. The number of ketones is 1. The van der Waals surface area contributed by atoms with Gasteiger partial charge in [-0.3, -0.25) is 9.59 Å². The molecule has 180 valence electrons. The zero-order valence-corrected chi connectivity index (χ0v) is 20.3. The molecule has 0 aromatic carbocycles. The van der Waals surface area contributed by atoms with E-state index in [0.29, 0.717) is 25.2 Å². The normalized spacial score (nSPS) is 13.3. The van der Waals surface area contributed by atoms with Gasteiger partial charge in [-0.2, -0.15) is 11.8 Å². The molecule has 0 aromatic heterocycles. The third-order valence-electron chi connectivity index (χ3n) is 5.24. The number of hydrogen-bond acceptors (Lipinski definition) is 5. The monoisotopic (exact) mass is 457 g/mol. The molecule has 7 heteroatoms. The molecule has 0 rings (SSSR count). The van der Waals surface area contributed by atoms with Crippen LogP contribution in [-0.4, -0.2) is 52.0 Å². The highest BCUT2D eigenvalue weighted by Gasteiger charge is 2.37. The smallest absolute Gasteiger partial charge is 0.336 e. The van der Waals surface area contributed by atoms with Gasteiger partial charge in [0, 0.05) is 31.6 Å². The molecule has 0 fully saturated rings. The Morgan fingerprint density at radius 2 is 1.55 bits per heavy atom. The summed E-state index contributed by atoms with van der Waals surface area (Å²) in [7, 11) is 0. The summed E-state index contributed by atoms with van der Waals surface area (Å²) < 4.78 is 0. The van der Waals surface area contributed by atoms with Gasteiger partial charge in [0.25, 0.3) is 0 Å². The van der Waals surface area contributed by atoms with Gasteiger partial charge in [0.15, 0.2) is 5.60 Å². The molecule has 6 nitrogen and oxygen atoms in total. The molecule has 3 N–H and O–H groups in total. The number of rotatable bonds is 21. The fourth-order valence-electron chi connectivity index (χ4n) is 3.24. The number of nitrogens with one attached hydrogen (secondary N) is 1. The van der Waals surface area contributed by atoms with Crippen LogP contribution in [0.25, 0.3) is 0 Å². The third-order valence-corrected chi connectivity index (χ3v) is 5.85. The molecule has 0 aliphatic rings. The minimum absolute atomic E-state index is 0.0922. The molecule has 1 unspecified atom stereocenters. The largest absolute Gasteiger partial charge is 0.479 e. The molecule has 1 atom stereocenters. The van der Waals surface area contributed by atoms with Crippen molar-refractivity contribution >= 4 is 29.4 Å². The Hall–Kier alpha value is -1.34. The zero-order valence-electron chi connectivity index (χ0n) is 19.5. The SMILES string of the molecule is CCCCCCCC(=O)CCCCCC/C=C/CC(O)(CC(=O)NCCSC)C(=O)O. The molecular formula is C24H43NO5S. The Labute approximate surface area is 192 Å². The summed E-state index contributed by atoms with van der Waals surface area (Å²) in [4.78, 5) is 35.1.